The minimum absolute atomic E-state index is 0.0377. The number of rotatable bonds is 9. The fourth-order valence-electron chi connectivity index (χ4n) is 3.05. The molecule has 13 heteroatoms. The summed E-state index contributed by atoms with van der Waals surface area (Å²) in [4.78, 5) is 8.59. The number of aliphatic hydroxyl groups excluding tert-OH is 2. The predicted octanol–water partition coefficient (Wildman–Crippen LogP) is 4.01. The van der Waals surface area contributed by atoms with Gasteiger partial charge in [-0.15, -0.1) is 18.3 Å². The lowest BCUT2D eigenvalue weighted by molar-refractivity contribution is -0.274. The van der Waals surface area contributed by atoms with Crippen LogP contribution in [0.15, 0.2) is 53.1 Å². The largest absolute Gasteiger partial charge is 0.573 e. The van der Waals surface area contributed by atoms with Crippen molar-refractivity contribution in [3.8, 4) is 34.6 Å². The maximum Gasteiger partial charge on any atom is 0.573 e. The van der Waals surface area contributed by atoms with E-state index in [9.17, 15) is 18.3 Å². The Morgan fingerprint density at radius 2 is 1.76 bits per heavy atom. The zero-order valence-electron chi connectivity index (χ0n) is 20.3. The van der Waals surface area contributed by atoms with Crippen molar-refractivity contribution in [1.29, 1.82) is 0 Å². The number of aromatic nitrogens is 5. The van der Waals surface area contributed by atoms with Gasteiger partial charge in [-0.25, -0.2) is 9.67 Å². The summed E-state index contributed by atoms with van der Waals surface area (Å²) in [5, 5.41) is 26.6. The molecule has 1 atom stereocenters. The van der Waals surface area contributed by atoms with E-state index in [4.69, 9.17) is 14.4 Å². The molecule has 0 aliphatic rings. The molecule has 37 heavy (non-hydrogen) atoms. The molecule has 0 saturated heterocycles. The summed E-state index contributed by atoms with van der Waals surface area (Å²) in [6.45, 7) is 5.69. The molecule has 2 heterocycles. The molecule has 198 valence electrons. The number of benzene rings is 2. The Morgan fingerprint density at radius 3 is 2.43 bits per heavy atom. The first-order chi connectivity index (χ1) is 17.7. The molecular weight excluding hydrogens is 495 g/mol. The van der Waals surface area contributed by atoms with Gasteiger partial charge in [0.15, 0.2) is 0 Å². The summed E-state index contributed by atoms with van der Waals surface area (Å²) in [7, 11) is 0. The Kier molecular flexibility index (Phi) is 9.20. The van der Waals surface area contributed by atoms with E-state index in [1.54, 1.807) is 29.8 Å². The lowest BCUT2D eigenvalue weighted by atomic mass is 10.2. The van der Waals surface area contributed by atoms with E-state index in [0.717, 1.165) is 17.7 Å². The number of halogens is 3. The first kappa shape index (κ1) is 27.6. The van der Waals surface area contributed by atoms with Crippen LogP contribution < -0.4 is 9.47 Å². The van der Waals surface area contributed by atoms with Gasteiger partial charge >= 0.3 is 6.36 Å². The van der Waals surface area contributed by atoms with Gasteiger partial charge in [0.25, 0.3) is 5.89 Å². The van der Waals surface area contributed by atoms with Gasteiger partial charge < -0.3 is 24.2 Å². The Morgan fingerprint density at radius 1 is 1.03 bits per heavy atom. The van der Waals surface area contributed by atoms with Crippen LogP contribution in [0.2, 0.25) is 0 Å². The van der Waals surface area contributed by atoms with E-state index >= 15 is 0 Å². The van der Waals surface area contributed by atoms with Crippen molar-refractivity contribution in [3.05, 3.63) is 59.9 Å². The van der Waals surface area contributed by atoms with Crippen molar-refractivity contribution >= 4 is 0 Å². The van der Waals surface area contributed by atoms with Crippen LogP contribution in [-0.4, -0.2) is 60.8 Å². The van der Waals surface area contributed by atoms with E-state index in [2.05, 4.69) is 25.0 Å². The lowest BCUT2D eigenvalue weighted by Gasteiger charge is -2.11. The van der Waals surface area contributed by atoms with Crippen LogP contribution in [-0.2, 0) is 6.54 Å². The van der Waals surface area contributed by atoms with Crippen LogP contribution in [0.3, 0.4) is 0 Å². The molecule has 0 spiro atoms. The molecule has 0 aliphatic heterocycles. The average molecular weight is 521 g/mol. The van der Waals surface area contributed by atoms with E-state index in [-0.39, 0.29) is 29.9 Å². The first-order valence-electron chi connectivity index (χ1n) is 11.3. The van der Waals surface area contributed by atoms with Gasteiger partial charge in [0.05, 0.1) is 13.2 Å². The lowest BCUT2D eigenvalue weighted by Crippen LogP contribution is -2.21. The zero-order valence-corrected chi connectivity index (χ0v) is 20.3. The third kappa shape index (κ3) is 7.75. The van der Waals surface area contributed by atoms with Gasteiger partial charge in [-0.2, -0.15) is 4.98 Å². The third-order valence-electron chi connectivity index (χ3n) is 4.70. The average Bonchev–Trinajstić information content (AvgIpc) is 3.51. The van der Waals surface area contributed by atoms with E-state index < -0.39 is 19.1 Å². The first-order valence-corrected chi connectivity index (χ1v) is 11.3. The fourth-order valence-corrected chi connectivity index (χ4v) is 3.05. The highest BCUT2D eigenvalue weighted by atomic mass is 19.4. The summed E-state index contributed by atoms with van der Waals surface area (Å²) in [6.07, 6.45) is -5.75. The highest BCUT2D eigenvalue weighted by Gasteiger charge is 2.31. The molecule has 4 rings (SSSR count). The summed E-state index contributed by atoms with van der Waals surface area (Å²) in [5.74, 6) is 1.14. The molecule has 0 amide bonds. The summed E-state index contributed by atoms with van der Waals surface area (Å²) in [5.41, 5.74) is 1.28. The second-order valence-corrected chi connectivity index (χ2v) is 7.43. The molecule has 0 radical (unpaired) electrons. The highest BCUT2D eigenvalue weighted by Crippen LogP contribution is 2.26. The van der Waals surface area contributed by atoms with Crippen molar-refractivity contribution < 1.29 is 37.4 Å². The number of alkyl halides is 3. The van der Waals surface area contributed by atoms with Crippen LogP contribution in [0.1, 0.15) is 25.2 Å². The van der Waals surface area contributed by atoms with Crippen LogP contribution >= 0.6 is 0 Å². The van der Waals surface area contributed by atoms with Crippen LogP contribution in [0, 0.1) is 6.92 Å². The second kappa shape index (κ2) is 12.3. The molecule has 2 N–H and O–H groups in total. The van der Waals surface area contributed by atoms with Crippen molar-refractivity contribution in [2.45, 2.75) is 39.8 Å². The number of ether oxygens (including phenoxy) is 2. The Balaban J connectivity index is 0.00000186. The molecule has 2 aromatic heterocycles. The molecular formula is C24H26F3N5O5. The van der Waals surface area contributed by atoms with Crippen molar-refractivity contribution in [3.63, 3.8) is 0 Å². The Labute approximate surface area is 210 Å². The standard InChI is InChI=1S/C22H20F3N5O5.C2H6/c1-13-26-20(28-30(13)10-14-3-2-4-18(9-14)33-12-16(32)11-31)21-27-19(29-35-21)15-5-7-17(8-6-15)34-22(23,24)25;1-2/h2-9,16,31-32H,10-12H2,1H3;1-2H3. The maximum atomic E-state index is 12.3. The van der Waals surface area contributed by atoms with Gasteiger partial charge in [0, 0.05) is 5.56 Å². The summed E-state index contributed by atoms with van der Waals surface area (Å²) < 4.78 is 53.2. The van der Waals surface area contributed by atoms with Crippen molar-refractivity contribution in [1.82, 2.24) is 24.9 Å². The van der Waals surface area contributed by atoms with Crippen molar-refractivity contribution in [2.75, 3.05) is 13.2 Å². The molecule has 0 fully saturated rings. The van der Waals surface area contributed by atoms with Gasteiger partial charge in [-0.1, -0.05) is 31.1 Å². The van der Waals surface area contributed by atoms with Crippen molar-refractivity contribution in [2.24, 2.45) is 0 Å². The monoisotopic (exact) mass is 521 g/mol. The molecule has 0 bridgehead atoms. The Hall–Kier alpha value is -3.97. The number of hydrogen-bond acceptors (Lipinski definition) is 9. The number of nitrogens with zero attached hydrogens (tertiary/aromatic N) is 5. The summed E-state index contributed by atoms with van der Waals surface area (Å²) in [6, 6.07) is 12.2. The molecule has 4 aromatic rings. The van der Waals surface area contributed by atoms with E-state index in [1.165, 1.54) is 12.1 Å². The third-order valence-corrected chi connectivity index (χ3v) is 4.70. The molecule has 2 aromatic carbocycles. The van der Waals surface area contributed by atoms with Gasteiger partial charge in [-0.3, -0.25) is 0 Å². The number of hydrogen-bond donors (Lipinski definition) is 2. The molecule has 0 aliphatic carbocycles. The van der Waals surface area contributed by atoms with Gasteiger partial charge in [-0.05, 0) is 48.9 Å². The second-order valence-electron chi connectivity index (χ2n) is 7.43. The highest BCUT2D eigenvalue weighted by molar-refractivity contribution is 5.57. The van der Waals surface area contributed by atoms with Crippen LogP contribution in [0.25, 0.3) is 23.1 Å². The fraction of sp³-hybridized carbons (Fsp3) is 0.333. The van der Waals surface area contributed by atoms with E-state index in [0.29, 0.717) is 23.7 Å². The minimum atomic E-state index is -4.78. The van der Waals surface area contributed by atoms with E-state index in [1.807, 2.05) is 19.9 Å². The molecule has 0 saturated carbocycles. The van der Waals surface area contributed by atoms with Crippen LogP contribution in [0.4, 0.5) is 13.2 Å². The summed E-state index contributed by atoms with van der Waals surface area (Å²) >= 11 is 0. The minimum Gasteiger partial charge on any atom is -0.491 e. The predicted molar refractivity (Wildman–Crippen MR) is 126 cm³/mol. The molecule has 1 unspecified atom stereocenters. The zero-order chi connectivity index (χ0) is 27.0. The van der Waals surface area contributed by atoms with Crippen LogP contribution in [0.5, 0.6) is 11.5 Å². The Bertz CT molecular complexity index is 1270. The maximum absolute atomic E-state index is 12.3. The number of aryl methyl sites for hydroxylation is 1. The normalized spacial score (nSPS) is 12.0. The smallest absolute Gasteiger partial charge is 0.491 e. The van der Waals surface area contributed by atoms with Gasteiger partial charge in [0.2, 0.25) is 11.6 Å². The topological polar surface area (TPSA) is 129 Å². The molecule has 10 nitrogen and oxygen atoms in total. The number of aliphatic hydroxyl groups is 2. The SMILES string of the molecule is CC.Cc1nc(-c2nc(-c3ccc(OC(F)(F)F)cc3)no2)nn1Cc1cccc(OCC(O)CO)c1. The van der Waals surface area contributed by atoms with Gasteiger partial charge in [0.1, 0.15) is 30.0 Å². The quantitative estimate of drug-likeness (QED) is 0.336.